The van der Waals surface area contributed by atoms with Crippen LogP contribution >= 0.6 is 0 Å². The van der Waals surface area contributed by atoms with Crippen molar-refractivity contribution in [2.24, 2.45) is 0 Å². The smallest absolute Gasteiger partial charge is 0.110 e. The molecule has 2 aromatic rings. The van der Waals surface area contributed by atoms with Gasteiger partial charge in [0, 0.05) is 18.3 Å². The molecular weight excluding hydrogens is 250 g/mol. The summed E-state index contributed by atoms with van der Waals surface area (Å²) in [6, 6.07) is 12.9. The summed E-state index contributed by atoms with van der Waals surface area (Å²) in [5, 5.41) is 19.1. The molecule has 104 valence electrons. The van der Waals surface area contributed by atoms with Gasteiger partial charge in [0.2, 0.25) is 0 Å². The number of benzene rings is 1. The molecule has 2 aliphatic heterocycles. The first-order chi connectivity index (χ1) is 9.74. The van der Waals surface area contributed by atoms with Crippen LogP contribution in [-0.4, -0.2) is 27.0 Å². The van der Waals surface area contributed by atoms with Gasteiger partial charge in [-0.1, -0.05) is 18.2 Å². The molecule has 2 fully saturated rings. The van der Waals surface area contributed by atoms with Gasteiger partial charge < -0.3 is 10.4 Å². The fourth-order valence-electron chi connectivity index (χ4n) is 3.76. The summed E-state index contributed by atoms with van der Waals surface area (Å²) in [5.74, 6) is 0. The highest BCUT2D eigenvalue weighted by atomic mass is 16.3. The van der Waals surface area contributed by atoms with Gasteiger partial charge in [-0.2, -0.15) is 5.10 Å². The number of hydrogen-bond donors (Lipinski definition) is 2. The van der Waals surface area contributed by atoms with Crippen LogP contribution in [0.5, 0.6) is 0 Å². The van der Waals surface area contributed by atoms with Gasteiger partial charge >= 0.3 is 0 Å². The maximum atomic E-state index is 11.2. The third-order valence-corrected chi connectivity index (χ3v) is 4.62. The van der Waals surface area contributed by atoms with Crippen LogP contribution in [0.1, 0.15) is 31.4 Å². The van der Waals surface area contributed by atoms with Gasteiger partial charge in [0.15, 0.2) is 0 Å². The van der Waals surface area contributed by atoms with Gasteiger partial charge in [-0.3, -0.25) is 0 Å². The summed E-state index contributed by atoms with van der Waals surface area (Å²) in [5.41, 5.74) is 1.16. The van der Waals surface area contributed by atoms with E-state index in [0.717, 1.165) is 24.2 Å². The predicted molar refractivity (Wildman–Crippen MR) is 76.6 cm³/mol. The number of para-hydroxylation sites is 1. The van der Waals surface area contributed by atoms with Gasteiger partial charge in [0.1, 0.15) is 5.60 Å². The molecule has 20 heavy (non-hydrogen) atoms. The summed E-state index contributed by atoms with van der Waals surface area (Å²) in [6.45, 7) is 0. The summed E-state index contributed by atoms with van der Waals surface area (Å²) < 4.78 is 1.88. The van der Waals surface area contributed by atoms with Crippen molar-refractivity contribution in [3.8, 4) is 5.69 Å². The molecule has 1 aromatic carbocycles. The second-order valence-corrected chi connectivity index (χ2v) is 6.04. The zero-order chi connectivity index (χ0) is 13.6. The average molecular weight is 269 g/mol. The summed E-state index contributed by atoms with van der Waals surface area (Å²) in [6.07, 6.45) is 5.69. The molecule has 0 saturated carbocycles. The zero-order valence-electron chi connectivity index (χ0n) is 11.4. The maximum Gasteiger partial charge on any atom is 0.110 e. The fraction of sp³-hybridized carbons (Fsp3) is 0.438. The highest BCUT2D eigenvalue weighted by Gasteiger charge is 2.45. The lowest BCUT2D eigenvalue weighted by Gasteiger charge is -2.37. The van der Waals surface area contributed by atoms with E-state index >= 15 is 0 Å². The van der Waals surface area contributed by atoms with E-state index in [2.05, 4.69) is 10.4 Å². The van der Waals surface area contributed by atoms with Crippen LogP contribution in [0.3, 0.4) is 0 Å². The number of nitrogens with one attached hydrogen (secondary N) is 1. The van der Waals surface area contributed by atoms with Gasteiger partial charge in [-0.25, -0.2) is 4.68 Å². The molecule has 0 amide bonds. The van der Waals surface area contributed by atoms with Crippen LogP contribution in [0.15, 0.2) is 42.6 Å². The molecule has 2 aliphatic rings. The van der Waals surface area contributed by atoms with Gasteiger partial charge in [0.25, 0.3) is 0 Å². The summed E-state index contributed by atoms with van der Waals surface area (Å²) >= 11 is 0. The molecule has 4 nitrogen and oxygen atoms in total. The van der Waals surface area contributed by atoms with E-state index < -0.39 is 5.60 Å². The molecule has 0 spiro atoms. The normalized spacial score (nSPS) is 32.5. The Kier molecular flexibility index (Phi) is 2.69. The van der Waals surface area contributed by atoms with Gasteiger partial charge in [-0.05, 0) is 43.9 Å². The minimum Gasteiger partial charge on any atom is -0.383 e. The largest absolute Gasteiger partial charge is 0.383 e. The SMILES string of the molecule is OC1(c2ccnn2-c2ccccc2)CC2CCC(C1)N2. The van der Waals surface area contributed by atoms with E-state index in [4.69, 9.17) is 0 Å². The number of nitrogens with zero attached hydrogens (tertiary/aromatic N) is 2. The topological polar surface area (TPSA) is 50.1 Å². The Labute approximate surface area is 118 Å². The molecule has 2 atom stereocenters. The lowest BCUT2D eigenvalue weighted by Crippen LogP contribution is -2.47. The second-order valence-electron chi connectivity index (χ2n) is 6.04. The lowest BCUT2D eigenvalue weighted by atomic mass is 9.84. The van der Waals surface area contributed by atoms with Crippen LogP contribution < -0.4 is 5.32 Å². The standard InChI is InChI=1S/C16H19N3O/c20-16(10-12-6-7-13(11-16)18-12)15-8-9-17-19(15)14-4-2-1-3-5-14/h1-5,8-9,12-13,18,20H,6-7,10-11H2. The van der Waals surface area contributed by atoms with Crippen LogP contribution in [0, 0.1) is 0 Å². The third kappa shape index (κ3) is 1.87. The Morgan fingerprint density at radius 1 is 1.10 bits per heavy atom. The van der Waals surface area contributed by atoms with E-state index in [0.29, 0.717) is 12.1 Å². The van der Waals surface area contributed by atoms with Gasteiger partial charge in [0.05, 0.1) is 11.4 Å². The Balaban J connectivity index is 1.74. The minimum absolute atomic E-state index is 0.442. The first-order valence-electron chi connectivity index (χ1n) is 7.33. The van der Waals surface area contributed by atoms with Crippen molar-refractivity contribution in [2.45, 2.75) is 43.4 Å². The third-order valence-electron chi connectivity index (χ3n) is 4.62. The van der Waals surface area contributed by atoms with Crippen molar-refractivity contribution in [2.75, 3.05) is 0 Å². The molecule has 4 rings (SSSR count). The van der Waals surface area contributed by atoms with Crippen LogP contribution in [0.25, 0.3) is 5.69 Å². The first-order valence-corrected chi connectivity index (χ1v) is 7.33. The number of aromatic nitrogens is 2. The molecule has 4 heteroatoms. The van der Waals surface area contributed by atoms with Crippen molar-refractivity contribution >= 4 is 0 Å². The lowest BCUT2D eigenvalue weighted by molar-refractivity contribution is -0.0172. The second kappa shape index (κ2) is 4.43. The zero-order valence-corrected chi connectivity index (χ0v) is 11.4. The molecular formula is C16H19N3O. The minimum atomic E-state index is -0.760. The van der Waals surface area contributed by atoms with Crippen molar-refractivity contribution in [3.63, 3.8) is 0 Å². The van der Waals surface area contributed by atoms with Crippen molar-refractivity contribution in [1.82, 2.24) is 15.1 Å². The van der Waals surface area contributed by atoms with E-state index in [1.165, 1.54) is 12.8 Å². The summed E-state index contributed by atoms with van der Waals surface area (Å²) in [7, 11) is 0. The van der Waals surface area contributed by atoms with Crippen molar-refractivity contribution in [3.05, 3.63) is 48.3 Å². The van der Waals surface area contributed by atoms with E-state index in [-0.39, 0.29) is 0 Å². The van der Waals surface area contributed by atoms with Crippen LogP contribution in [0.2, 0.25) is 0 Å². The number of aliphatic hydroxyl groups is 1. The number of hydrogen-bond acceptors (Lipinski definition) is 3. The molecule has 0 aliphatic carbocycles. The van der Waals surface area contributed by atoms with Crippen LogP contribution in [0.4, 0.5) is 0 Å². The van der Waals surface area contributed by atoms with E-state index in [9.17, 15) is 5.11 Å². The molecule has 2 N–H and O–H groups in total. The quantitative estimate of drug-likeness (QED) is 0.876. The number of rotatable bonds is 2. The molecule has 0 radical (unpaired) electrons. The maximum absolute atomic E-state index is 11.2. The number of piperidine rings is 1. The Hall–Kier alpha value is -1.65. The fourth-order valence-corrected chi connectivity index (χ4v) is 3.76. The Bertz CT molecular complexity index is 595. The average Bonchev–Trinajstić information content (AvgIpc) is 3.07. The van der Waals surface area contributed by atoms with Gasteiger partial charge in [-0.15, -0.1) is 0 Å². The van der Waals surface area contributed by atoms with E-state index in [1.54, 1.807) is 6.20 Å². The number of fused-ring (bicyclic) bond motifs is 2. The molecule has 3 heterocycles. The summed E-state index contributed by atoms with van der Waals surface area (Å²) in [4.78, 5) is 0. The molecule has 2 saturated heterocycles. The van der Waals surface area contributed by atoms with Crippen molar-refractivity contribution in [1.29, 1.82) is 0 Å². The Morgan fingerprint density at radius 2 is 1.80 bits per heavy atom. The molecule has 2 bridgehead atoms. The Morgan fingerprint density at radius 3 is 2.50 bits per heavy atom. The van der Waals surface area contributed by atoms with Crippen molar-refractivity contribution < 1.29 is 5.11 Å². The first kappa shape index (κ1) is 12.1. The highest BCUT2D eigenvalue weighted by Crippen LogP contribution is 2.41. The predicted octanol–water partition coefficient (Wildman–Crippen LogP) is 1.97. The highest BCUT2D eigenvalue weighted by molar-refractivity contribution is 5.34. The molecule has 2 unspecified atom stereocenters. The van der Waals surface area contributed by atoms with E-state index in [1.807, 2.05) is 41.1 Å². The molecule has 1 aromatic heterocycles. The monoisotopic (exact) mass is 269 g/mol. The van der Waals surface area contributed by atoms with Crippen LogP contribution in [-0.2, 0) is 5.60 Å².